The van der Waals surface area contributed by atoms with Crippen LogP contribution in [0.2, 0.25) is 5.02 Å². The topological polar surface area (TPSA) is 104 Å². The molecule has 8 nitrogen and oxygen atoms in total. The lowest BCUT2D eigenvalue weighted by molar-refractivity contribution is -0.118. The van der Waals surface area contributed by atoms with Crippen LogP contribution in [-0.2, 0) is 11.3 Å². The molecule has 0 unspecified atom stereocenters. The smallest absolute Gasteiger partial charge is 0.271 e. The zero-order valence-corrected chi connectivity index (χ0v) is 15.9. The van der Waals surface area contributed by atoms with Crippen LogP contribution in [0.15, 0.2) is 35.5 Å². The summed E-state index contributed by atoms with van der Waals surface area (Å²) in [6.45, 7) is 4.23. The van der Waals surface area contributed by atoms with Crippen molar-refractivity contribution in [1.29, 1.82) is 0 Å². The predicted molar refractivity (Wildman–Crippen MR) is 101 cm³/mol. The summed E-state index contributed by atoms with van der Waals surface area (Å²) in [7, 11) is 0. The highest BCUT2D eigenvalue weighted by Gasteiger charge is 2.16. The Balaban J connectivity index is 1.57. The zero-order valence-electron chi connectivity index (χ0n) is 14.3. The minimum Gasteiger partial charge on any atom is -0.351 e. The number of rotatable bonds is 6. The normalized spacial score (nSPS) is 10.9. The lowest BCUT2D eigenvalue weighted by atomic mass is 10.2. The number of carbonyl (C=O) groups is 1. The fraction of sp³-hybridized carbons (Fsp3) is 0.250. The molecule has 0 spiro atoms. The van der Waals surface area contributed by atoms with E-state index in [9.17, 15) is 4.79 Å². The zero-order chi connectivity index (χ0) is 18.7. The minimum absolute atomic E-state index is 0.124. The number of nitrogens with two attached hydrogens (primary N) is 1. The lowest BCUT2D eigenvalue weighted by Crippen LogP contribution is -2.25. The molecule has 3 rings (SSSR count). The van der Waals surface area contributed by atoms with E-state index in [4.69, 9.17) is 17.4 Å². The van der Waals surface area contributed by atoms with Gasteiger partial charge in [0.25, 0.3) is 5.95 Å². The first-order valence-electron chi connectivity index (χ1n) is 7.82. The first-order valence-corrected chi connectivity index (χ1v) is 9.18. The second kappa shape index (κ2) is 7.79. The summed E-state index contributed by atoms with van der Waals surface area (Å²) in [4.78, 5) is 12.0. The molecule has 2 heterocycles. The predicted octanol–water partition coefficient (Wildman–Crippen LogP) is 1.86. The third kappa shape index (κ3) is 4.17. The van der Waals surface area contributed by atoms with Gasteiger partial charge in [-0.3, -0.25) is 4.79 Å². The Kier molecular flexibility index (Phi) is 5.48. The van der Waals surface area contributed by atoms with Crippen LogP contribution in [0.5, 0.6) is 0 Å². The van der Waals surface area contributed by atoms with Crippen LogP contribution in [0.3, 0.4) is 0 Å². The number of hydrogen-bond acceptors (Lipinski definition) is 6. The number of hydrogen-bond donors (Lipinski definition) is 2. The van der Waals surface area contributed by atoms with Gasteiger partial charge < -0.3 is 11.2 Å². The van der Waals surface area contributed by atoms with Crippen molar-refractivity contribution in [2.45, 2.75) is 25.5 Å². The van der Waals surface area contributed by atoms with Crippen LogP contribution in [0.25, 0.3) is 5.95 Å². The number of nitrogens with one attached hydrogen (secondary N) is 1. The van der Waals surface area contributed by atoms with E-state index in [0.29, 0.717) is 22.7 Å². The number of nitrogens with zero attached hydrogens (tertiary/aromatic N) is 5. The van der Waals surface area contributed by atoms with Crippen LogP contribution in [-0.4, -0.2) is 36.3 Å². The SMILES string of the molecule is Cc1cc(C)n(-c2nnc(SCC(=O)NCc3ccc(Cl)cc3)n2N)n1. The highest BCUT2D eigenvalue weighted by Crippen LogP contribution is 2.17. The molecule has 3 aromatic rings. The second-order valence-electron chi connectivity index (χ2n) is 5.68. The van der Waals surface area contributed by atoms with Crippen molar-refractivity contribution in [1.82, 2.24) is 30.0 Å². The molecular formula is C16H18ClN7OS. The van der Waals surface area contributed by atoms with E-state index in [1.54, 1.807) is 16.8 Å². The van der Waals surface area contributed by atoms with Crippen molar-refractivity contribution in [3.63, 3.8) is 0 Å². The molecular weight excluding hydrogens is 374 g/mol. The molecule has 1 aromatic carbocycles. The van der Waals surface area contributed by atoms with Crippen molar-refractivity contribution in [3.8, 4) is 5.95 Å². The maximum absolute atomic E-state index is 12.0. The van der Waals surface area contributed by atoms with E-state index in [1.807, 2.05) is 32.0 Å². The van der Waals surface area contributed by atoms with Crippen molar-refractivity contribution < 1.29 is 4.79 Å². The maximum atomic E-state index is 12.0. The molecule has 0 saturated heterocycles. The number of thioether (sulfide) groups is 1. The standard InChI is InChI=1S/C16H18ClN7OS/c1-10-7-11(2)24(22-10)15-20-21-16(23(15)18)26-9-14(25)19-8-12-3-5-13(17)6-4-12/h3-7H,8-9,18H2,1-2H3,(H,19,25). The van der Waals surface area contributed by atoms with E-state index >= 15 is 0 Å². The van der Waals surface area contributed by atoms with Gasteiger partial charge in [-0.15, -0.1) is 10.2 Å². The molecule has 0 fully saturated rings. The number of aromatic nitrogens is 5. The highest BCUT2D eigenvalue weighted by atomic mass is 35.5. The summed E-state index contributed by atoms with van der Waals surface area (Å²) in [5.74, 6) is 6.50. The van der Waals surface area contributed by atoms with Crippen molar-refractivity contribution >= 4 is 29.3 Å². The van der Waals surface area contributed by atoms with E-state index in [2.05, 4.69) is 20.6 Å². The number of amides is 1. The maximum Gasteiger partial charge on any atom is 0.271 e. The third-order valence-corrected chi connectivity index (χ3v) is 4.78. The molecule has 0 aliphatic heterocycles. The molecule has 0 aliphatic rings. The highest BCUT2D eigenvalue weighted by molar-refractivity contribution is 7.99. The van der Waals surface area contributed by atoms with Crippen LogP contribution < -0.4 is 11.2 Å². The van der Waals surface area contributed by atoms with Crippen LogP contribution in [0.4, 0.5) is 0 Å². The Morgan fingerprint density at radius 1 is 1.27 bits per heavy atom. The Morgan fingerprint density at radius 2 is 2.00 bits per heavy atom. The Labute approximate surface area is 159 Å². The van der Waals surface area contributed by atoms with Gasteiger partial charge in [0, 0.05) is 17.3 Å². The van der Waals surface area contributed by atoms with Gasteiger partial charge in [-0.2, -0.15) is 5.10 Å². The van der Waals surface area contributed by atoms with Gasteiger partial charge in [0.15, 0.2) is 0 Å². The fourth-order valence-electron chi connectivity index (χ4n) is 2.33. The van der Waals surface area contributed by atoms with E-state index in [1.165, 1.54) is 16.4 Å². The Bertz CT molecular complexity index is 919. The largest absolute Gasteiger partial charge is 0.351 e. The summed E-state index contributed by atoms with van der Waals surface area (Å²) in [6.07, 6.45) is 0. The van der Waals surface area contributed by atoms with Crippen LogP contribution >= 0.6 is 23.4 Å². The summed E-state index contributed by atoms with van der Waals surface area (Å²) in [5.41, 5.74) is 2.74. The van der Waals surface area contributed by atoms with Gasteiger partial charge in [-0.25, -0.2) is 9.36 Å². The Hall–Kier alpha value is -2.52. The lowest BCUT2D eigenvalue weighted by Gasteiger charge is -2.06. The van der Waals surface area contributed by atoms with Gasteiger partial charge in [0.1, 0.15) is 0 Å². The summed E-state index contributed by atoms with van der Waals surface area (Å²) in [5, 5.41) is 16.4. The second-order valence-corrected chi connectivity index (χ2v) is 7.06. The molecule has 136 valence electrons. The van der Waals surface area contributed by atoms with Crippen molar-refractivity contribution in [2.75, 3.05) is 11.6 Å². The minimum atomic E-state index is -0.124. The molecule has 0 bridgehead atoms. The molecule has 10 heteroatoms. The number of nitrogen functional groups attached to an aromatic ring is 1. The third-order valence-electron chi connectivity index (χ3n) is 3.58. The van der Waals surface area contributed by atoms with Gasteiger partial charge in [0.2, 0.25) is 11.1 Å². The fourth-order valence-corrected chi connectivity index (χ4v) is 3.14. The molecule has 26 heavy (non-hydrogen) atoms. The molecule has 3 N–H and O–H groups in total. The van der Waals surface area contributed by atoms with Crippen LogP contribution in [0.1, 0.15) is 17.0 Å². The quantitative estimate of drug-likeness (QED) is 0.491. The van der Waals surface area contributed by atoms with E-state index < -0.39 is 0 Å². The van der Waals surface area contributed by atoms with Gasteiger partial charge in [-0.1, -0.05) is 35.5 Å². The first-order chi connectivity index (χ1) is 12.4. The molecule has 2 aromatic heterocycles. The summed E-state index contributed by atoms with van der Waals surface area (Å²) in [6, 6.07) is 9.23. The average Bonchev–Trinajstić information content (AvgIpc) is 3.13. The molecule has 0 radical (unpaired) electrons. The number of carbonyl (C=O) groups excluding carboxylic acids is 1. The van der Waals surface area contributed by atoms with Gasteiger partial charge in [-0.05, 0) is 37.6 Å². The monoisotopic (exact) mass is 391 g/mol. The first kappa shape index (κ1) is 18.3. The van der Waals surface area contributed by atoms with Gasteiger partial charge >= 0.3 is 0 Å². The summed E-state index contributed by atoms with van der Waals surface area (Å²) < 4.78 is 2.95. The van der Waals surface area contributed by atoms with Crippen molar-refractivity contribution in [2.24, 2.45) is 0 Å². The van der Waals surface area contributed by atoms with E-state index in [0.717, 1.165) is 17.0 Å². The molecule has 1 amide bonds. The average molecular weight is 392 g/mol. The number of benzene rings is 1. The number of aryl methyl sites for hydroxylation is 2. The summed E-state index contributed by atoms with van der Waals surface area (Å²) >= 11 is 7.05. The molecule has 0 saturated carbocycles. The Morgan fingerprint density at radius 3 is 2.65 bits per heavy atom. The number of halogens is 1. The van der Waals surface area contributed by atoms with Crippen molar-refractivity contribution in [3.05, 3.63) is 52.3 Å². The molecule has 0 aliphatic carbocycles. The van der Waals surface area contributed by atoms with Crippen LogP contribution in [0, 0.1) is 13.8 Å². The van der Waals surface area contributed by atoms with E-state index in [-0.39, 0.29) is 11.7 Å². The van der Waals surface area contributed by atoms with Gasteiger partial charge in [0.05, 0.1) is 11.4 Å². The molecule has 0 atom stereocenters.